The third-order valence-electron chi connectivity index (χ3n) is 2.12. The van der Waals surface area contributed by atoms with Crippen molar-refractivity contribution in [1.82, 2.24) is 4.98 Å². The van der Waals surface area contributed by atoms with Gasteiger partial charge in [0.25, 0.3) is 0 Å². The van der Waals surface area contributed by atoms with Crippen LogP contribution in [0, 0.1) is 4.91 Å². The van der Waals surface area contributed by atoms with Crippen LogP contribution in [0.5, 0.6) is 0 Å². The molecule has 3 heteroatoms. The fraction of sp³-hybridized carbons (Fsp3) is 0.364. The quantitative estimate of drug-likeness (QED) is 0.685. The zero-order valence-corrected chi connectivity index (χ0v) is 8.47. The monoisotopic (exact) mass is 190 g/mol. The fourth-order valence-electron chi connectivity index (χ4n) is 1.30. The molecule has 0 aliphatic rings. The van der Waals surface area contributed by atoms with Crippen molar-refractivity contribution in [2.45, 2.75) is 26.3 Å². The molecule has 1 atom stereocenters. The first-order valence-electron chi connectivity index (χ1n) is 4.68. The summed E-state index contributed by atoms with van der Waals surface area (Å²) < 4.78 is 0. The van der Waals surface area contributed by atoms with Crippen LogP contribution in [-0.4, -0.2) is 11.0 Å². The molecule has 0 saturated carbocycles. The molecule has 0 saturated heterocycles. The predicted octanol–water partition coefficient (Wildman–Crippen LogP) is 3.03. The van der Waals surface area contributed by atoms with Crippen LogP contribution >= 0.6 is 0 Å². The van der Waals surface area contributed by atoms with Crippen LogP contribution in [0.4, 0.5) is 0 Å². The van der Waals surface area contributed by atoms with Crippen LogP contribution in [0.2, 0.25) is 0 Å². The molecule has 1 heterocycles. The summed E-state index contributed by atoms with van der Waals surface area (Å²) in [4.78, 5) is 14.5. The highest BCUT2D eigenvalue weighted by Crippen LogP contribution is 2.13. The second kappa shape index (κ2) is 5.27. The van der Waals surface area contributed by atoms with Gasteiger partial charge in [-0.3, -0.25) is 4.98 Å². The Kier molecular flexibility index (Phi) is 3.98. The molecule has 1 rings (SSSR count). The van der Waals surface area contributed by atoms with E-state index in [0.717, 1.165) is 17.6 Å². The van der Waals surface area contributed by atoms with E-state index in [0.29, 0.717) is 0 Å². The first-order chi connectivity index (χ1) is 6.77. The molecule has 74 valence electrons. The van der Waals surface area contributed by atoms with Gasteiger partial charge in [-0.15, -0.1) is 0 Å². The molecule has 0 aliphatic carbocycles. The summed E-state index contributed by atoms with van der Waals surface area (Å²) in [6.07, 6.45) is 6.18. The zero-order chi connectivity index (χ0) is 10.4. The number of pyridine rings is 1. The van der Waals surface area contributed by atoms with Gasteiger partial charge in [-0.1, -0.05) is 24.2 Å². The van der Waals surface area contributed by atoms with Crippen LogP contribution in [0.3, 0.4) is 0 Å². The maximum absolute atomic E-state index is 10.5. The number of rotatable bonds is 4. The number of hydrogen-bond donors (Lipinski definition) is 0. The highest BCUT2D eigenvalue weighted by molar-refractivity contribution is 5.52. The average molecular weight is 190 g/mol. The van der Waals surface area contributed by atoms with Gasteiger partial charge in [0.05, 0.1) is 0 Å². The lowest BCUT2D eigenvalue weighted by atomic mass is 10.1. The Bertz CT molecular complexity index is 319. The van der Waals surface area contributed by atoms with Crippen molar-refractivity contribution in [1.29, 1.82) is 0 Å². The van der Waals surface area contributed by atoms with E-state index in [1.807, 2.05) is 32.1 Å². The minimum absolute atomic E-state index is 0.213. The van der Waals surface area contributed by atoms with Gasteiger partial charge in [0, 0.05) is 12.4 Å². The van der Waals surface area contributed by atoms with Crippen molar-refractivity contribution in [2.24, 2.45) is 5.18 Å². The molecule has 0 radical (unpaired) electrons. The molecular weight excluding hydrogens is 176 g/mol. The molecule has 1 aromatic rings. The van der Waals surface area contributed by atoms with E-state index in [-0.39, 0.29) is 6.04 Å². The fourth-order valence-corrected chi connectivity index (χ4v) is 1.30. The second-order valence-electron chi connectivity index (χ2n) is 3.20. The summed E-state index contributed by atoms with van der Waals surface area (Å²) in [5, 5.41) is 3.06. The van der Waals surface area contributed by atoms with Crippen molar-refractivity contribution in [2.75, 3.05) is 0 Å². The van der Waals surface area contributed by atoms with Crippen LogP contribution in [0.25, 0.3) is 6.08 Å². The topological polar surface area (TPSA) is 42.3 Å². The molecule has 1 unspecified atom stereocenters. The number of hydrogen-bond acceptors (Lipinski definition) is 3. The van der Waals surface area contributed by atoms with Crippen molar-refractivity contribution in [3.63, 3.8) is 0 Å². The molecule has 0 aliphatic heterocycles. The van der Waals surface area contributed by atoms with E-state index in [4.69, 9.17) is 0 Å². The molecule has 1 aromatic heterocycles. The Hall–Kier alpha value is -1.51. The maximum atomic E-state index is 10.5. The Balaban J connectivity index is 2.82. The van der Waals surface area contributed by atoms with Gasteiger partial charge >= 0.3 is 0 Å². The summed E-state index contributed by atoms with van der Waals surface area (Å²) in [6.45, 7) is 3.87. The number of nitrogens with zero attached hydrogens (tertiary/aromatic N) is 2. The van der Waals surface area contributed by atoms with Crippen LogP contribution in [-0.2, 0) is 0 Å². The summed E-state index contributed by atoms with van der Waals surface area (Å²) in [7, 11) is 0. The summed E-state index contributed by atoms with van der Waals surface area (Å²) in [5.74, 6) is 0. The number of nitroso groups, excluding NO2 is 1. The minimum Gasteiger partial charge on any atom is -0.264 e. The van der Waals surface area contributed by atoms with E-state index >= 15 is 0 Å². The Morgan fingerprint density at radius 1 is 1.71 bits per heavy atom. The number of aromatic nitrogens is 1. The van der Waals surface area contributed by atoms with E-state index in [9.17, 15) is 4.91 Å². The first-order valence-corrected chi connectivity index (χ1v) is 4.68. The lowest BCUT2D eigenvalue weighted by molar-refractivity contribution is 0.740. The molecule has 14 heavy (non-hydrogen) atoms. The van der Waals surface area contributed by atoms with Crippen molar-refractivity contribution < 1.29 is 0 Å². The third kappa shape index (κ3) is 2.76. The normalized spacial score (nSPS) is 13.7. The molecule has 0 fully saturated rings. The Morgan fingerprint density at radius 2 is 2.50 bits per heavy atom. The zero-order valence-electron chi connectivity index (χ0n) is 8.47. The van der Waals surface area contributed by atoms with Crippen molar-refractivity contribution >= 4 is 6.08 Å². The molecule has 3 nitrogen and oxygen atoms in total. The second-order valence-corrected chi connectivity index (χ2v) is 3.20. The van der Waals surface area contributed by atoms with Gasteiger partial charge in [0.15, 0.2) is 0 Å². The van der Waals surface area contributed by atoms with Gasteiger partial charge in [-0.2, -0.15) is 4.91 Å². The minimum atomic E-state index is -0.213. The van der Waals surface area contributed by atoms with Crippen molar-refractivity contribution in [3.8, 4) is 0 Å². The lowest BCUT2D eigenvalue weighted by Gasteiger charge is -2.05. The van der Waals surface area contributed by atoms with Crippen LogP contribution in [0.1, 0.15) is 25.8 Å². The molecule has 0 N–H and O–H groups in total. The highest BCUT2D eigenvalue weighted by atomic mass is 16.3. The third-order valence-corrected chi connectivity index (χ3v) is 2.12. The molecule has 0 amide bonds. The first kappa shape index (κ1) is 10.6. The van der Waals surface area contributed by atoms with E-state index in [1.165, 1.54) is 0 Å². The van der Waals surface area contributed by atoms with Crippen LogP contribution < -0.4 is 0 Å². The average Bonchev–Trinajstić information content (AvgIpc) is 2.21. The molecule has 0 spiro atoms. The molecule has 0 bridgehead atoms. The predicted molar refractivity (Wildman–Crippen MR) is 57.8 cm³/mol. The van der Waals surface area contributed by atoms with Gasteiger partial charge in [-0.05, 0) is 30.5 Å². The standard InChI is InChI=1S/C11H14N2O/c1-3-11(13-14)9(2)7-10-5-4-6-12-8-10/h4-8,11H,3H2,1-2H3/b9-7+. The smallest absolute Gasteiger partial charge is 0.113 e. The Morgan fingerprint density at radius 3 is 3.00 bits per heavy atom. The summed E-state index contributed by atoms with van der Waals surface area (Å²) in [6, 6.07) is 3.61. The highest BCUT2D eigenvalue weighted by Gasteiger charge is 2.07. The SMILES string of the molecule is CCC(N=O)/C(C)=C/c1cccnc1. The van der Waals surface area contributed by atoms with Gasteiger partial charge in [0.2, 0.25) is 0 Å². The molecule has 0 aromatic carbocycles. The van der Waals surface area contributed by atoms with E-state index < -0.39 is 0 Å². The summed E-state index contributed by atoms with van der Waals surface area (Å²) in [5.41, 5.74) is 1.99. The van der Waals surface area contributed by atoms with E-state index in [1.54, 1.807) is 12.4 Å². The lowest BCUT2D eigenvalue weighted by Crippen LogP contribution is -2.02. The maximum Gasteiger partial charge on any atom is 0.113 e. The van der Waals surface area contributed by atoms with E-state index in [2.05, 4.69) is 10.2 Å². The van der Waals surface area contributed by atoms with Gasteiger partial charge < -0.3 is 0 Å². The van der Waals surface area contributed by atoms with Gasteiger partial charge in [0.1, 0.15) is 6.04 Å². The van der Waals surface area contributed by atoms with Gasteiger partial charge in [-0.25, -0.2) is 0 Å². The van der Waals surface area contributed by atoms with Crippen molar-refractivity contribution in [3.05, 3.63) is 40.6 Å². The Labute approximate surface area is 83.8 Å². The largest absolute Gasteiger partial charge is 0.264 e. The summed E-state index contributed by atoms with van der Waals surface area (Å²) >= 11 is 0. The molecular formula is C11H14N2O. The van der Waals surface area contributed by atoms with Crippen LogP contribution in [0.15, 0.2) is 35.3 Å².